The fourth-order valence-corrected chi connectivity index (χ4v) is 17.1. The van der Waals surface area contributed by atoms with E-state index in [1.54, 1.807) is 68.9 Å². The Morgan fingerprint density at radius 2 is 1.02 bits per heavy atom. The first-order chi connectivity index (χ1) is 21.5. The summed E-state index contributed by atoms with van der Waals surface area (Å²) in [5.74, 6) is 1.01. The van der Waals surface area contributed by atoms with Crippen LogP contribution in [-0.2, 0) is 5.41 Å². The van der Waals surface area contributed by atoms with Gasteiger partial charge in [0.1, 0.15) is 0 Å². The van der Waals surface area contributed by atoms with Gasteiger partial charge in [0, 0.05) is 8.95 Å². The molecule has 0 heterocycles. The van der Waals surface area contributed by atoms with E-state index in [-0.39, 0.29) is 0 Å². The molecule has 0 radical (unpaired) electrons. The molecule has 4 atom stereocenters. The molecule has 0 saturated heterocycles. The lowest BCUT2D eigenvalue weighted by atomic mass is 9.25. The quantitative estimate of drug-likeness (QED) is 0.178. The summed E-state index contributed by atoms with van der Waals surface area (Å²) in [7, 11) is 0. The van der Waals surface area contributed by atoms with Crippen molar-refractivity contribution in [1.29, 1.82) is 0 Å². The van der Waals surface area contributed by atoms with Gasteiger partial charge in [0.25, 0.3) is 0 Å². The third kappa shape index (κ3) is 5.44. The molecule has 0 aromatic heterocycles. The maximum absolute atomic E-state index is 4.06. The van der Waals surface area contributed by atoms with Crippen LogP contribution in [0.1, 0.15) is 193 Å². The minimum atomic E-state index is 0.350. The van der Waals surface area contributed by atoms with Gasteiger partial charge in [-0.2, -0.15) is 0 Å². The highest BCUT2D eigenvalue weighted by atomic mass is 79.9. The number of benzene rings is 1. The van der Waals surface area contributed by atoms with Gasteiger partial charge < -0.3 is 0 Å². The lowest BCUT2D eigenvalue weighted by Crippen LogP contribution is -2.70. The van der Waals surface area contributed by atoms with Gasteiger partial charge in [0.2, 0.25) is 0 Å². The van der Waals surface area contributed by atoms with Crippen molar-refractivity contribution in [3.8, 4) is 0 Å². The molecule has 4 unspecified atom stereocenters. The summed E-state index contributed by atoms with van der Waals surface area (Å²) >= 11 is 8.08. The summed E-state index contributed by atoms with van der Waals surface area (Å²) in [5.41, 5.74) is 7.18. The van der Waals surface area contributed by atoms with Crippen molar-refractivity contribution in [2.24, 2.45) is 38.4 Å². The topological polar surface area (TPSA) is 0 Å². The number of hydrogen-bond acceptors (Lipinski definition) is 0. The third-order valence-electron chi connectivity index (χ3n) is 15.8. The number of halogens is 2. The van der Waals surface area contributed by atoms with Crippen LogP contribution in [0.2, 0.25) is 0 Å². The summed E-state index contributed by atoms with van der Waals surface area (Å²) in [4.78, 5) is 0. The Hall–Kier alpha value is 0.180. The van der Waals surface area contributed by atoms with Crippen molar-refractivity contribution >= 4 is 31.9 Å². The molecule has 8 fully saturated rings. The monoisotopic (exact) mass is 740 g/mol. The molecule has 0 N–H and O–H groups in total. The highest BCUT2D eigenvalue weighted by Gasteiger charge is 2.76. The SMILES string of the molecule is CCCCC12CC3CC(CCCC)(C1)CC(C14CC5(CCCC)CC(CCCC)(CC(c6cc(Br)cc(Br)c6C)(C5)C1)C4)(C3)C2. The molecule has 0 aliphatic heterocycles. The molecule has 8 saturated carbocycles. The molecular formula is C43H66Br2. The van der Waals surface area contributed by atoms with E-state index < -0.39 is 0 Å². The Balaban J connectivity index is 1.42. The van der Waals surface area contributed by atoms with Gasteiger partial charge in [-0.3, -0.25) is 0 Å². The Bertz CT molecular complexity index is 1210. The molecule has 0 spiro atoms. The Labute approximate surface area is 295 Å². The third-order valence-corrected chi connectivity index (χ3v) is 17.1. The fourth-order valence-electron chi connectivity index (χ4n) is 15.8. The van der Waals surface area contributed by atoms with Crippen LogP contribution in [0, 0.1) is 45.3 Å². The van der Waals surface area contributed by atoms with Gasteiger partial charge >= 0.3 is 0 Å². The lowest BCUT2D eigenvalue weighted by molar-refractivity contribution is -0.283. The van der Waals surface area contributed by atoms with E-state index in [0.717, 1.165) is 5.92 Å². The smallest absolute Gasteiger partial charge is 0.0218 e. The predicted molar refractivity (Wildman–Crippen MR) is 200 cm³/mol. The minimum absolute atomic E-state index is 0.350. The van der Waals surface area contributed by atoms with E-state index >= 15 is 0 Å². The Kier molecular flexibility index (Phi) is 8.91. The summed E-state index contributed by atoms with van der Waals surface area (Å²) in [6, 6.07) is 4.94. The van der Waals surface area contributed by atoms with Crippen LogP contribution >= 0.6 is 31.9 Å². The zero-order chi connectivity index (χ0) is 31.8. The van der Waals surface area contributed by atoms with Gasteiger partial charge in [-0.25, -0.2) is 0 Å². The number of rotatable bonds is 14. The maximum atomic E-state index is 4.06. The molecule has 9 rings (SSSR count). The molecule has 0 amide bonds. The highest BCUT2D eigenvalue weighted by Crippen LogP contribution is 2.85. The number of hydrogen-bond donors (Lipinski definition) is 0. The van der Waals surface area contributed by atoms with E-state index in [1.165, 1.54) is 105 Å². The van der Waals surface area contributed by atoms with Crippen molar-refractivity contribution in [3.05, 3.63) is 32.2 Å². The van der Waals surface area contributed by atoms with E-state index in [4.69, 9.17) is 0 Å². The normalized spacial score (nSPS) is 44.3. The van der Waals surface area contributed by atoms with Gasteiger partial charge in [-0.1, -0.05) is 111 Å². The van der Waals surface area contributed by atoms with Crippen LogP contribution in [-0.4, -0.2) is 0 Å². The lowest BCUT2D eigenvalue weighted by Gasteiger charge is -2.80. The molecule has 0 nitrogen and oxygen atoms in total. The molecule has 252 valence electrons. The van der Waals surface area contributed by atoms with Gasteiger partial charge in [-0.05, 0) is 177 Å². The standard InChI is InChI=1S/C43H66Br2/c1-6-10-14-37-20-33-21-38(23-37,15-11-7-2)28-42(22-33,27-37)43-29-39(16-12-8-3)24-40(30-43,17-13-9-4)26-41(25-39,31-43)35-18-34(44)19-36(45)32(35)5/h18-19,33H,6-17,20-31H2,1-5H3. The van der Waals surface area contributed by atoms with Crippen molar-refractivity contribution in [1.82, 2.24) is 0 Å². The zero-order valence-corrected chi connectivity index (χ0v) is 33.1. The first-order valence-corrected chi connectivity index (χ1v) is 21.5. The largest absolute Gasteiger partial charge is 0.0654 e. The van der Waals surface area contributed by atoms with E-state index in [0.29, 0.717) is 37.9 Å². The second kappa shape index (κ2) is 11.9. The Morgan fingerprint density at radius 3 is 1.53 bits per heavy atom. The Morgan fingerprint density at radius 1 is 0.556 bits per heavy atom. The van der Waals surface area contributed by atoms with Crippen molar-refractivity contribution in [3.63, 3.8) is 0 Å². The molecular weight excluding hydrogens is 676 g/mol. The molecule has 45 heavy (non-hydrogen) atoms. The zero-order valence-electron chi connectivity index (χ0n) is 30.0. The van der Waals surface area contributed by atoms with Crippen molar-refractivity contribution in [2.75, 3.05) is 0 Å². The molecule has 8 aliphatic rings. The minimum Gasteiger partial charge on any atom is -0.0654 e. The van der Waals surface area contributed by atoms with Gasteiger partial charge in [0.15, 0.2) is 0 Å². The maximum Gasteiger partial charge on any atom is 0.0218 e. The van der Waals surface area contributed by atoms with Crippen molar-refractivity contribution in [2.45, 2.75) is 194 Å². The number of unbranched alkanes of at least 4 members (excludes halogenated alkanes) is 4. The van der Waals surface area contributed by atoms with Crippen LogP contribution in [0.25, 0.3) is 0 Å². The second-order valence-corrected chi connectivity index (χ2v) is 21.2. The fraction of sp³-hybridized carbons (Fsp3) is 0.860. The van der Waals surface area contributed by atoms with Gasteiger partial charge in [-0.15, -0.1) is 0 Å². The van der Waals surface area contributed by atoms with Crippen LogP contribution in [0.3, 0.4) is 0 Å². The van der Waals surface area contributed by atoms with Crippen LogP contribution < -0.4 is 0 Å². The van der Waals surface area contributed by atoms with Crippen LogP contribution in [0.5, 0.6) is 0 Å². The second-order valence-electron chi connectivity index (χ2n) is 19.4. The molecule has 8 bridgehead atoms. The van der Waals surface area contributed by atoms with E-state index in [9.17, 15) is 0 Å². The average Bonchev–Trinajstić information content (AvgIpc) is 2.97. The van der Waals surface area contributed by atoms with Gasteiger partial charge in [0.05, 0.1) is 0 Å². The highest BCUT2D eigenvalue weighted by molar-refractivity contribution is 9.11. The summed E-state index contributed by atoms with van der Waals surface area (Å²) < 4.78 is 2.62. The molecule has 2 heteroatoms. The van der Waals surface area contributed by atoms with E-state index in [2.05, 4.69) is 78.6 Å². The van der Waals surface area contributed by atoms with Crippen molar-refractivity contribution < 1.29 is 0 Å². The van der Waals surface area contributed by atoms with E-state index in [1.807, 2.05) is 0 Å². The summed E-state index contributed by atoms with van der Waals surface area (Å²) in [6.45, 7) is 12.3. The molecule has 1 aromatic carbocycles. The molecule has 8 aliphatic carbocycles. The van der Waals surface area contributed by atoms with Crippen LogP contribution in [0.15, 0.2) is 21.1 Å². The summed E-state index contributed by atoms with van der Waals surface area (Å²) in [6.07, 6.45) is 36.1. The predicted octanol–water partition coefficient (Wildman–Crippen LogP) is 14.8. The average molecular weight is 743 g/mol. The molecule has 1 aromatic rings. The van der Waals surface area contributed by atoms with Crippen LogP contribution in [0.4, 0.5) is 0 Å². The summed E-state index contributed by atoms with van der Waals surface area (Å²) in [5, 5.41) is 0. The first-order valence-electron chi connectivity index (χ1n) is 19.9. The first kappa shape index (κ1) is 33.7.